The van der Waals surface area contributed by atoms with E-state index in [1.165, 1.54) is 16.5 Å². The average Bonchev–Trinajstić information content (AvgIpc) is 2.32. The Morgan fingerprint density at radius 3 is 2.59 bits per heavy atom. The summed E-state index contributed by atoms with van der Waals surface area (Å²) in [6, 6.07) is 13.4. The van der Waals surface area contributed by atoms with Crippen LogP contribution in [0.15, 0.2) is 56.6 Å². The van der Waals surface area contributed by atoms with E-state index in [0.29, 0.717) is 0 Å². The molecule has 2 nitrogen and oxygen atoms in total. The molecule has 17 heavy (non-hydrogen) atoms. The van der Waals surface area contributed by atoms with Crippen LogP contribution in [-0.4, -0.2) is 5.75 Å². The molecule has 0 unspecified atom stereocenters. The normalized spacial score (nSPS) is 10.4. The van der Waals surface area contributed by atoms with Crippen molar-refractivity contribution in [2.24, 2.45) is 0 Å². The van der Waals surface area contributed by atoms with Crippen molar-refractivity contribution in [2.75, 3.05) is 5.75 Å². The number of rotatable bonds is 4. The zero-order chi connectivity index (χ0) is 12.1. The van der Waals surface area contributed by atoms with Crippen LogP contribution in [0.5, 0.6) is 0 Å². The van der Waals surface area contributed by atoms with Gasteiger partial charge in [0.05, 0.1) is 0 Å². The highest BCUT2D eigenvalue weighted by Crippen LogP contribution is 2.19. The molecule has 2 aromatic rings. The molecule has 0 spiro atoms. The fourth-order valence-corrected chi connectivity index (χ4v) is 2.34. The molecule has 0 amide bonds. The Hall–Kier alpha value is -1.48. The Morgan fingerprint density at radius 2 is 1.88 bits per heavy atom. The van der Waals surface area contributed by atoms with Gasteiger partial charge in [-0.1, -0.05) is 23.8 Å². The van der Waals surface area contributed by atoms with Crippen LogP contribution in [0.1, 0.15) is 11.3 Å². The molecule has 0 aliphatic carbocycles. The predicted molar refractivity (Wildman–Crippen MR) is 70.6 cm³/mol. The molecule has 0 saturated carbocycles. The first-order chi connectivity index (χ1) is 8.24. The van der Waals surface area contributed by atoms with Crippen LogP contribution >= 0.6 is 11.8 Å². The van der Waals surface area contributed by atoms with Gasteiger partial charge >= 0.3 is 5.63 Å². The van der Waals surface area contributed by atoms with Crippen molar-refractivity contribution in [2.45, 2.75) is 18.2 Å². The maximum absolute atomic E-state index is 11.0. The van der Waals surface area contributed by atoms with Crippen molar-refractivity contribution in [3.8, 4) is 0 Å². The summed E-state index contributed by atoms with van der Waals surface area (Å²) in [5.41, 5.74) is 0.992. The van der Waals surface area contributed by atoms with Crippen molar-refractivity contribution in [1.82, 2.24) is 0 Å². The zero-order valence-corrected chi connectivity index (χ0v) is 10.5. The third-order valence-corrected chi connectivity index (χ3v) is 3.40. The molecule has 2 rings (SSSR count). The summed E-state index contributed by atoms with van der Waals surface area (Å²) in [6.07, 6.45) is 0.772. The summed E-state index contributed by atoms with van der Waals surface area (Å²) < 4.78 is 5.07. The van der Waals surface area contributed by atoms with Gasteiger partial charge < -0.3 is 4.42 Å². The van der Waals surface area contributed by atoms with Gasteiger partial charge in [-0.3, -0.25) is 0 Å². The molecule has 0 aliphatic heterocycles. The molecule has 1 aromatic heterocycles. The van der Waals surface area contributed by atoms with E-state index in [0.717, 1.165) is 17.9 Å². The molecule has 0 fully saturated rings. The van der Waals surface area contributed by atoms with Crippen LogP contribution in [0.25, 0.3) is 0 Å². The molecule has 0 N–H and O–H groups in total. The van der Waals surface area contributed by atoms with E-state index in [-0.39, 0.29) is 5.63 Å². The first kappa shape index (κ1) is 12.0. The van der Waals surface area contributed by atoms with E-state index >= 15 is 0 Å². The largest absolute Gasteiger partial charge is 0.428 e. The molecule has 88 valence electrons. The zero-order valence-electron chi connectivity index (χ0n) is 9.68. The second-order valence-electron chi connectivity index (χ2n) is 3.82. The van der Waals surface area contributed by atoms with Gasteiger partial charge in [-0.15, -0.1) is 11.8 Å². The van der Waals surface area contributed by atoms with E-state index in [1.54, 1.807) is 17.8 Å². The number of thioether (sulfide) groups is 1. The molecule has 0 bridgehead atoms. The Balaban J connectivity index is 1.87. The SMILES string of the molecule is Cc1ccc(SCCc2cccc(=O)o2)cc1. The summed E-state index contributed by atoms with van der Waals surface area (Å²) in [5.74, 6) is 1.66. The minimum absolute atomic E-state index is 0.275. The third kappa shape index (κ3) is 3.79. The summed E-state index contributed by atoms with van der Waals surface area (Å²) in [5, 5.41) is 0. The van der Waals surface area contributed by atoms with Gasteiger partial charge in [-0.05, 0) is 25.1 Å². The van der Waals surface area contributed by atoms with Gasteiger partial charge in [0, 0.05) is 23.1 Å². The Labute approximate surface area is 105 Å². The van der Waals surface area contributed by atoms with Crippen LogP contribution in [0.4, 0.5) is 0 Å². The van der Waals surface area contributed by atoms with Crippen LogP contribution in [-0.2, 0) is 6.42 Å². The van der Waals surface area contributed by atoms with Crippen molar-refractivity contribution >= 4 is 11.8 Å². The topological polar surface area (TPSA) is 30.2 Å². The second-order valence-corrected chi connectivity index (χ2v) is 4.99. The second kappa shape index (κ2) is 5.73. The standard InChI is InChI=1S/C14H14O2S/c1-11-5-7-13(8-6-11)17-10-9-12-3-2-4-14(15)16-12/h2-8H,9-10H2,1H3. The van der Waals surface area contributed by atoms with Crippen molar-refractivity contribution in [1.29, 1.82) is 0 Å². The van der Waals surface area contributed by atoms with E-state index in [1.807, 2.05) is 6.07 Å². The maximum Gasteiger partial charge on any atom is 0.335 e. The average molecular weight is 246 g/mol. The van der Waals surface area contributed by atoms with Crippen LogP contribution in [0, 0.1) is 6.92 Å². The van der Waals surface area contributed by atoms with Gasteiger partial charge in [0.25, 0.3) is 0 Å². The van der Waals surface area contributed by atoms with Gasteiger partial charge in [0.2, 0.25) is 0 Å². The lowest BCUT2D eigenvalue weighted by molar-refractivity contribution is 0.465. The summed E-state index contributed by atoms with van der Waals surface area (Å²) in [7, 11) is 0. The van der Waals surface area contributed by atoms with Gasteiger partial charge in [-0.25, -0.2) is 4.79 Å². The maximum atomic E-state index is 11.0. The van der Waals surface area contributed by atoms with Crippen molar-refractivity contribution in [3.05, 3.63) is 64.2 Å². The molecule has 1 aromatic carbocycles. The monoisotopic (exact) mass is 246 g/mol. The van der Waals surface area contributed by atoms with E-state index in [4.69, 9.17) is 4.42 Å². The Morgan fingerprint density at radius 1 is 1.12 bits per heavy atom. The lowest BCUT2D eigenvalue weighted by Crippen LogP contribution is -1.99. The first-order valence-corrected chi connectivity index (χ1v) is 6.51. The molecule has 3 heteroatoms. The highest BCUT2D eigenvalue weighted by atomic mass is 32.2. The number of hydrogen-bond acceptors (Lipinski definition) is 3. The van der Waals surface area contributed by atoms with Crippen LogP contribution in [0.2, 0.25) is 0 Å². The summed E-state index contributed by atoms with van der Waals surface area (Å²) >= 11 is 1.77. The Bertz CT molecular complexity index is 528. The Kier molecular flexibility index (Phi) is 4.04. The first-order valence-electron chi connectivity index (χ1n) is 5.52. The van der Waals surface area contributed by atoms with Crippen LogP contribution in [0.3, 0.4) is 0 Å². The predicted octanol–water partition coefficient (Wildman–Crippen LogP) is 3.28. The molecule has 1 heterocycles. The quantitative estimate of drug-likeness (QED) is 0.775. The summed E-state index contributed by atoms with van der Waals surface area (Å²) in [6.45, 7) is 2.08. The number of benzene rings is 1. The molecule has 0 radical (unpaired) electrons. The molecule has 0 aliphatic rings. The fourth-order valence-electron chi connectivity index (χ4n) is 1.47. The van der Waals surface area contributed by atoms with E-state index < -0.39 is 0 Å². The van der Waals surface area contributed by atoms with Gasteiger partial charge in [0.15, 0.2) is 0 Å². The van der Waals surface area contributed by atoms with Crippen molar-refractivity contribution < 1.29 is 4.42 Å². The van der Waals surface area contributed by atoms with E-state index in [2.05, 4.69) is 31.2 Å². The third-order valence-electron chi connectivity index (χ3n) is 2.38. The highest BCUT2D eigenvalue weighted by molar-refractivity contribution is 7.99. The highest BCUT2D eigenvalue weighted by Gasteiger charge is 1.98. The number of hydrogen-bond donors (Lipinski definition) is 0. The number of aryl methyl sites for hydroxylation is 2. The molecule has 0 saturated heterocycles. The molecule has 0 atom stereocenters. The van der Waals surface area contributed by atoms with Crippen LogP contribution < -0.4 is 5.63 Å². The van der Waals surface area contributed by atoms with E-state index in [9.17, 15) is 4.79 Å². The summed E-state index contributed by atoms with van der Waals surface area (Å²) in [4.78, 5) is 12.2. The van der Waals surface area contributed by atoms with Crippen molar-refractivity contribution in [3.63, 3.8) is 0 Å². The fraction of sp³-hybridized carbons (Fsp3) is 0.214. The van der Waals surface area contributed by atoms with Gasteiger partial charge in [-0.2, -0.15) is 0 Å². The molecular weight excluding hydrogens is 232 g/mol. The lowest BCUT2D eigenvalue weighted by Gasteiger charge is -2.01. The lowest BCUT2D eigenvalue weighted by atomic mass is 10.2. The minimum Gasteiger partial charge on any atom is -0.428 e. The minimum atomic E-state index is -0.275. The smallest absolute Gasteiger partial charge is 0.335 e. The molecular formula is C14H14O2S. The van der Waals surface area contributed by atoms with Gasteiger partial charge in [0.1, 0.15) is 5.76 Å².